The number of nitrogens with one attached hydrogen (secondary N) is 2. The number of amides is 1. The first-order valence-corrected chi connectivity index (χ1v) is 10.9. The number of rotatable bonds is 5. The maximum atomic E-state index is 13.2. The minimum absolute atomic E-state index is 0.0918. The molecule has 2 N–H and O–H groups in total. The van der Waals surface area contributed by atoms with Crippen LogP contribution in [-0.4, -0.2) is 35.5 Å². The molecule has 1 amide bonds. The van der Waals surface area contributed by atoms with Gasteiger partial charge in [0.05, 0.1) is 23.1 Å². The fourth-order valence-corrected chi connectivity index (χ4v) is 3.51. The number of hydrogen-bond donors (Lipinski definition) is 2. The fraction of sp³-hybridized carbons (Fsp3) is 0.0476. The Kier molecular flexibility index (Phi) is 5.30. The molecular weight excluding hydrogens is 421 g/mol. The van der Waals surface area contributed by atoms with Crippen LogP contribution in [0.25, 0.3) is 22.0 Å². The number of fused-ring (bicyclic) bond motifs is 1. The highest BCUT2D eigenvalue weighted by Gasteiger charge is 2.14. The van der Waals surface area contributed by atoms with E-state index in [1.54, 1.807) is 36.5 Å². The normalized spacial score (nSPS) is 11.3. The maximum Gasteiger partial charge on any atom is 0.293 e. The Morgan fingerprint density at radius 2 is 1.81 bits per heavy atom. The van der Waals surface area contributed by atoms with Gasteiger partial charge in [0.2, 0.25) is 15.8 Å². The molecule has 0 atom stereocenters. The Bertz CT molecular complexity index is 1390. The quantitative estimate of drug-likeness (QED) is 0.494. The Labute approximate surface area is 177 Å². The molecule has 0 unspecified atom stereocenters. The number of aromatic nitrogens is 3. The van der Waals surface area contributed by atoms with Crippen LogP contribution in [-0.2, 0) is 10.0 Å². The summed E-state index contributed by atoms with van der Waals surface area (Å²) in [5.41, 5.74) is 2.48. The Morgan fingerprint density at radius 3 is 2.55 bits per heavy atom. The average Bonchev–Trinajstić information content (AvgIpc) is 2.73. The van der Waals surface area contributed by atoms with Crippen LogP contribution < -0.4 is 10.0 Å². The molecule has 0 saturated carbocycles. The first-order chi connectivity index (χ1) is 14.8. The lowest BCUT2D eigenvalue weighted by Gasteiger charge is -2.11. The van der Waals surface area contributed by atoms with E-state index in [9.17, 15) is 17.6 Å². The zero-order valence-electron chi connectivity index (χ0n) is 16.2. The van der Waals surface area contributed by atoms with Crippen LogP contribution in [0.2, 0.25) is 0 Å². The summed E-state index contributed by atoms with van der Waals surface area (Å²) in [4.78, 5) is 25.2. The highest BCUT2D eigenvalue weighted by molar-refractivity contribution is 7.92. The van der Waals surface area contributed by atoms with Gasteiger partial charge in [0.25, 0.3) is 5.91 Å². The van der Waals surface area contributed by atoms with Crippen LogP contribution in [0.3, 0.4) is 0 Å². The van der Waals surface area contributed by atoms with Crippen LogP contribution in [0.15, 0.2) is 67.1 Å². The predicted molar refractivity (Wildman–Crippen MR) is 116 cm³/mol. The van der Waals surface area contributed by atoms with E-state index in [0.29, 0.717) is 33.4 Å². The van der Waals surface area contributed by atoms with Gasteiger partial charge in [-0.1, -0.05) is 12.1 Å². The first kappa shape index (κ1) is 20.4. The Morgan fingerprint density at radius 1 is 1.03 bits per heavy atom. The molecule has 2 aromatic heterocycles. The number of sulfonamides is 1. The number of nitrogens with zero attached hydrogens (tertiary/aromatic N) is 3. The molecule has 0 spiro atoms. The molecule has 2 aromatic carbocycles. The summed E-state index contributed by atoms with van der Waals surface area (Å²) in [7, 11) is -3.45. The molecule has 4 rings (SSSR count). The molecule has 0 radical (unpaired) electrons. The van der Waals surface area contributed by atoms with Gasteiger partial charge >= 0.3 is 0 Å². The summed E-state index contributed by atoms with van der Waals surface area (Å²) in [5.74, 6) is -1.02. The lowest BCUT2D eigenvalue weighted by Crippen LogP contribution is -2.16. The highest BCUT2D eigenvalue weighted by Crippen LogP contribution is 2.27. The van der Waals surface area contributed by atoms with Crippen molar-refractivity contribution < 1.29 is 17.6 Å². The largest absolute Gasteiger partial charge is 0.319 e. The number of pyridine rings is 1. The SMILES string of the molecule is CS(=O)(=O)Nc1ccc2cnc(C(=O)Nc3ccncc3-c3ccc(F)cc3)nc2c1. The maximum absolute atomic E-state index is 13.2. The minimum Gasteiger partial charge on any atom is -0.319 e. The molecule has 156 valence electrons. The number of anilines is 2. The number of hydrogen-bond acceptors (Lipinski definition) is 6. The van der Waals surface area contributed by atoms with E-state index in [4.69, 9.17) is 0 Å². The number of benzene rings is 2. The molecule has 0 bridgehead atoms. The summed E-state index contributed by atoms with van der Waals surface area (Å²) < 4.78 is 38.5. The van der Waals surface area contributed by atoms with Gasteiger partial charge in [-0.25, -0.2) is 22.8 Å². The van der Waals surface area contributed by atoms with Gasteiger partial charge in [0, 0.05) is 29.5 Å². The van der Waals surface area contributed by atoms with E-state index in [0.717, 1.165) is 6.26 Å². The van der Waals surface area contributed by atoms with Crippen molar-refractivity contribution in [3.05, 3.63) is 78.8 Å². The van der Waals surface area contributed by atoms with E-state index < -0.39 is 15.9 Å². The Balaban J connectivity index is 1.64. The first-order valence-electron chi connectivity index (χ1n) is 9.04. The summed E-state index contributed by atoms with van der Waals surface area (Å²) in [6.45, 7) is 0. The van der Waals surface area contributed by atoms with Gasteiger partial charge in [-0.3, -0.25) is 14.5 Å². The topological polar surface area (TPSA) is 114 Å². The smallest absolute Gasteiger partial charge is 0.293 e. The third kappa shape index (κ3) is 4.81. The van der Waals surface area contributed by atoms with Gasteiger partial charge in [-0.05, 0) is 42.0 Å². The zero-order valence-corrected chi connectivity index (χ0v) is 17.0. The molecule has 0 fully saturated rings. The molecule has 31 heavy (non-hydrogen) atoms. The van der Waals surface area contributed by atoms with Crippen LogP contribution >= 0.6 is 0 Å². The molecule has 0 aliphatic carbocycles. The summed E-state index contributed by atoms with van der Waals surface area (Å²) in [5, 5.41) is 3.39. The van der Waals surface area contributed by atoms with Crippen molar-refractivity contribution in [3.63, 3.8) is 0 Å². The molecular formula is C21H16FN5O3S. The van der Waals surface area contributed by atoms with Crippen molar-refractivity contribution in [2.24, 2.45) is 0 Å². The lowest BCUT2D eigenvalue weighted by molar-refractivity contribution is 0.101. The van der Waals surface area contributed by atoms with Gasteiger partial charge in [0.1, 0.15) is 5.82 Å². The molecule has 0 aliphatic rings. The van der Waals surface area contributed by atoms with Gasteiger partial charge in [-0.2, -0.15) is 0 Å². The summed E-state index contributed by atoms with van der Waals surface area (Å²) >= 11 is 0. The van der Waals surface area contributed by atoms with Crippen LogP contribution in [0.1, 0.15) is 10.6 Å². The van der Waals surface area contributed by atoms with Gasteiger partial charge in [0.15, 0.2) is 0 Å². The molecule has 4 aromatic rings. The second kappa shape index (κ2) is 8.07. The monoisotopic (exact) mass is 437 g/mol. The van der Waals surface area contributed by atoms with Crippen molar-refractivity contribution >= 4 is 38.2 Å². The lowest BCUT2D eigenvalue weighted by atomic mass is 10.1. The zero-order chi connectivity index (χ0) is 22.0. The van der Waals surface area contributed by atoms with E-state index in [2.05, 4.69) is 25.0 Å². The molecule has 0 saturated heterocycles. The predicted octanol–water partition coefficient (Wildman–Crippen LogP) is 3.45. The number of carbonyl (C=O) groups excluding carboxylic acids is 1. The van der Waals surface area contributed by atoms with Gasteiger partial charge in [-0.15, -0.1) is 0 Å². The number of halogens is 1. The van der Waals surface area contributed by atoms with Crippen LogP contribution in [0, 0.1) is 5.82 Å². The van der Waals surface area contributed by atoms with Crippen LogP contribution in [0.4, 0.5) is 15.8 Å². The van der Waals surface area contributed by atoms with Crippen molar-refractivity contribution in [3.8, 4) is 11.1 Å². The Hall–Kier alpha value is -3.92. The van der Waals surface area contributed by atoms with E-state index in [1.165, 1.54) is 30.6 Å². The second-order valence-electron chi connectivity index (χ2n) is 6.72. The second-order valence-corrected chi connectivity index (χ2v) is 8.47. The highest BCUT2D eigenvalue weighted by atomic mass is 32.2. The standard InChI is InChI=1S/C21H16FN5O3S/c1-31(29,30)27-16-7-4-14-11-24-20(25-19(14)10-16)21(28)26-18-8-9-23-12-17(18)13-2-5-15(22)6-3-13/h2-12,27H,1H3,(H,23,26,28). The minimum atomic E-state index is -3.45. The van der Waals surface area contributed by atoms with E-state index in [1.807, 2.05) is 0 Å². The van der Waals surface area contributed by atoms with Crippen molar-refractivity contribution in [1.29, 1.82) is 0 Å². The number of carbonyl (C=O) groups is 1. The van der Waals surface area contributed by atoms with Crippen molar-refractivity contribution in [1.82, 2.24) is 15.0 Å². The fourth-order valence-electron chi connectivity index (χ4n) is 2.95. The molecule has 10 heteroatoms. The van der Waals surface area contributed by atoms with E-state index in [-0.39, 0.29) is 11.6 Å². The third-order valence-electron chi connectivity index (χ3n) is 4.31. The summed E-state index contributed by atoms with van der Waals surface area (Å²) in [6, 6.07) is 12.2. The van der Waals surface area contributed by atoms with Crippen LogP contribution in [0.5, 0.6) is 0 Å². The molecule has 0 aliphatic heterocycles. The van der Waals surface area contributed by atoms with Gasteiger partial charge < -0.3 is 5.32 Å². The molecule has 2 heterocycles. The average molecular weight is 437 g/mol. The third-order valence-corrected chi connectivity index (χ3v) is 4.92. The van der Waals surface area contributed by atoms with Crippen molar-refractivity contribution in [2.75, 3.05) is 16.3 Å². The van der Waals surface area contributed by atoms with E-state index >= 15 is 0 Å². The molecule has 8 nitrogen and oxygen atoms in total. The summed E-state index contributed by atoms with van der Waals surface area (Å²) in [6.07, 6.45) is 5.61. The van der Waals surface area contributed by atoms with Crippen molar-refractivity contribution in [2.45, 2.75) is 0 Å².